The fraction of sp³-hybridized carbons (Fsp3) is 0.600. The van der Waals surface area contributed by atoms with Crippen LogP contribution in [0.2, 0.25) is 0 Å². The van der Waals surface area contributed by atoms with Crippen molar-refractivity contribution in [1.82, 2.24) is 0 Å². The summed E-state index contributed by atoms with van der Waals surface area (Å²) in [5.74, 6) is 0.181. The maximum Gasteiger partial charge on any atom is 1.00 e. The van der Waals surface area contributed by atoms with Gasteiger partial charge in [0.2, 0.25) is 0 Å². The molecule has 0 saturated heterocycles. The first-order chi connectivity index (χ1) is 8.72. The summed E-state index contributed by atoms with van der Waals surface area (Å²) in [5, 5.41) is 10.5. The Morgan fingerprint density at radius 2 is 1.27 bits per heavy atom. The van der Waals surface area contributed by atoms with Gasteiger partial charge in [-0.15, -0.1) is 0 Å². The molecule has 0 aromatic heterocycles. The average molecular weight is 377 g/mol. The number of aromatic hydroxyl groups is 1. The molecule has 0 aliphatic rings. The van der Waals surface area contributed by atoms with E-state index in [0.29, 0.717) is 16.7 Å². The summed E-state index contributed by atoms with van der Waals surface area (Å²) in [5.41, 5.74) is 1.08. The van der Waals surface area contributed by atoms with Crippen molar-refractivity contribution in [3.05, 3.63) is 28.8 Å². The van der Waals surface area contributed by atoms with E-state index in [4.69, 9.17) is 0 Å². The van der Waals surface area contributed by atoms with Crippen LogP contribution in [0.5, 0.6) is 5.75 Å². The van der Waals surface area contributed by atoms with Crippen molar-refractivity contribution < 1.29 is 122 Å². The zero-order valence-corrected chi connectivity index (χ0v) is 22.1. The minimum atomic E-state index is -4.63. The number of hydrogen-bond acceptors (Lipinski definition) is 4. The molecule has 1 aromatic rings. The summed E-state index contributed by atoms with van der Waals surface area (Å²) in [6.45, 7) is 11.6. The number of benzene rings is 1. The summed E-state index contributed by atoms with van der Waals surface area (Å²) in [4.78, 5) is 22.0. The molecule has 0 bridgehead atoms. The van der Waals surface area contributed by atoms with Crippen LogP contribution in [0.4, 0.5) is 0 Å². The molecule has 114 valence electrons. The van der Waals surface area contributed by atoms with Gasteiger partial charge in [-0.3, -0.25) is 0 Å². The van der Waals surface area contributed by atoms with Gasteiger partial charge >= 0.3 is 103 Å². The van der Waals surface area contributed by atoms with Crippen molar-refractivity contribution in [1.29, 1.82) is 0 Å². The second kappa shape index (κ2) is 9.40. The SMILES string of the molecule is CC(C)(C)c1cc(CP(=O)([O-])[O-])cc(C(C)(C)C)c1O.[K+].[K+]. The molecule has 0 saturated carbocycles. The predicted molar refractivity (Wildman–Crippen MR) is 76.8 cm³/mol. The van der Waals surface area contributed by atoms with E-state index in [1.165, 1.54) is 0 Å². The number of rotatable bonds is 2. The van der Waals surface area contributed by atoms with Crippen molar-refractivity contribution in [3.63, 3.8) is 0 Å². The summed E-state index contributed by atoms with van der Waals surface area (Å²) in [6, 6.07) is 3.24. The van der Waals surface area contributed by atoms with Crippen molar-refractivity contribution in [3.8, 4) is 5.75 Å². The first-order valence-corrected chi connectivity index (χ1v) is 8.32. The summed E-state index contributed by atoms with van der Waals surface area (Å²) >= 11 is 0. The molecule has 0 unspecified atom stereocenters. The molecule has 4 nitrogen and oxygen atoms in total. The molecule has 0 amide bonds. The van der Waals surface area contributed by atoms with Gasteiger partial charge in [0.05, 0.1) is 0 Å². The van der Waals surface area contributed by atoms with Crippen molar-refractivity contribution in [2.45, 2.75) is 58.5 Å². The minimum Gasteiger partial charge on any atom is -0.810 e. The zero-order chi connectivity index (χ0) is 15.9. The number of phenols is 1. The maximum atomic E-state index is 11.0. The van der Waals surface area contributed by atoms with Crippen LogP contribution in [0.3, 0.4) is 0 Å². The molecule has 0 spiro atoms. The monoisotopic (exact) mass is 376 g/mol. The first kappa shape index (κ1) is 26.7. The molecule has 0 heterocycles. The van der Waals surface area contributed by atoms with Gasteiger partial charge in [-0.2, -0.15) is 0 Å². The quantitative estimate of drug-likeness (QED) is 0.427. The Morgan fingerprint density at radius 1 is 0.955 bits per heavy atom. The van der Waals surface area contributed by atoms with Gasteiger partial charge in [0.15, 0.2) is 0 Å². The molecule has 0 fully saturated rings. The normalized spacial score (nSPS) is 12.4. The van der Waals surface area contributed by atoms with Crippen LogP contribution in [-0.4, -0.2) is 5.11 Å². The van der Waals surface area contributed by atoms with Crippen LogP contribution < -0.4 is 113 Å². The third-order valence-electron chi connectivity index (χ3n) is 3.16. The average Bonchev–Trinajstić information content (AvgIpc) is 2.14. The topological polar surface area (TPSA) is 83.4 Å². The van der Waals surface area contributed by atoms with E-state index in [2.05, 4.69) is 0 Å². The van der Waals surface area contributed by atoms with Crippen LogP contribution in [0.1, 0.15) is 58.2 Å². The number of hydrogen-bond donors (Lipinski definition) is 1. The Hall–Kier alpha value is 2.44. The second-order valence-electron chi connectivity index (χ2n) is 7.31. The van der Waals surface area contributed by atoms with E-state index in [1.807, 2.05) is 41.5 Å². The largest absolute Gasteiger partial charge is 1.00 e. The summed E-state index contributed by atoms with van der Waals surface area (Å²) in [7, 11) is -4.63. The van der Waals surface area contributed by atoms with Gasteiger partial charge in [0.1, 0.15) is 5.75 Å². The zero-order valence-electron chi connectivity index (χ0n) is 15.0. The van der Waals surface area contributed by atoms with Gasteiger partial charge < -0.3 is 19.5 Å². The van der Waals surface area contributed by atoms with E-state index in [1.54, 1.807) is 12.1 Å². The van der Waals surface area contributed by atoms with Gasteiger partial charge in [-0.1, -0.05) is 61.3 Å². The van der Waals surface area contributed by atoms with Crippen LogP contribution in [0.15, 0.2) is 12.1 Å². The fourth-order valence-corrected chi connectivity index (χ4v) is 2.78. The summed E-state index contributed by atoms with van der Waals surface area (Å²) < 4.78 is 11.0. The molecule has 1 N–H and O–H groups in total. The molecule has 22 heavy (non-hydrogen) atoms. The molecule has 1 aromatic carbocycles. The van der Waals surface area contributed by atoms with E-state index >= 15 is 0 Å². The standard InChI is InChI=1S/C15H25O4P.2K/c1-14(2,3)11-7-10(9-20(17,18)19)8-12(13(11)16)15(4,5)6;;/h7-8,16H,9H2,1-6H3,(H2,17,18,19);;/q;2*+1/p-2. The van der Waals surface area contributed by atoms with E-state index < -0.39 is 13.8 Å². The molecule has 7 heteroatoms. The van der Waals surface area contributed by atoms with Crippen LogP contribution in [0.25, 0.3) is 0 Å². The van der Waals surface area contributed by atoms with Crippen LogP contribution >= 0.6 is 7.60 Å². The Morgan fingerprint density at radius 3 is 1.50 bits per heavy atom. The van der Waals surface area contributed by atoms with Crippen molar-refractivity contribution >= 4 is 7.60 Å². The smallest absolute Gasteiger partial charge is 0.810 e. The van der Waals surface area contributed by atoms with E-state index in [-0.39, 0.29) is 119 Å². The molecular formula is C15H23K2O4P. The Bertz CT molecular complexity index is 519. The maximum absolute atomic E-state index is 11.0. The minimum absolute atomic E-state index is 0. The van der Waals surface area contributed by atoms with E-state index in [0.717, 1.165) is 0 Å². The van der Waals surface area contributed by atoms with Crippen LogP contribution in [-0.2, 0) is 21.6 Å². The van der Waals surface area contributed by atoms with Crippen LogP contribution in [0, 0.1) is 0 Å². The fourth-order valence-electron chi connectivity index (χ4n) is 2.15. The summed E-state index contributed by atoms with van der Waals surface area (Å²) in [6.07, 6.45) is -0.528. The Balaban J connectivity index is 0. The van der Waals surface area contributed by atoms with Gasteiger partial charge in [0.25, 0.3) is 0 Å². The first-order valence-electron chi connectivity index (χ1n) is 6.60. The second-order valence-corrected chi connectivity index (χ2v) is 8.85. The van der Waals surface area contributed by atoms with Gasteiger partial charge in [-0.25, -0.2) is 0 Å². The third kappa shape index (κ3) is 8.21. The van der Waals surface area contributed by atoms with E-state index in [9.17, 15) is 19.5 Å². The molecule has 1 rings (SSSR count). The molecular weight excluding hydrogens is 353 g/mol. The van der Waals surface area contributed by atoms with Gasteiger partial charge in [-0.05, 0) is 27.5 Å². The third-order valence-corrected chi connectivity index (χ3v) is 3.91. The molecule has 0 aliphatic heterocycles. The molecule has 0 radical (unpaired) electrons. The predicted octanol–water partition coefficient (Wildman–Crippen LogP) is -3.59. The van der Waals surface area contributed by atoms with Crippen molar-refractivity contribution in [2.75, 3.05) is 0 Å². The molecule has 0 aliphatic carbocycles. The Labute approximate surface area is 218 Å². The number of phenolic OH excluding ortho intramolecular Hbond substituents is 1. The van der Waals surface area contributed by atoms with Crippen molar-refractivity contribution in [2.24, 2.45) is 0 Å². The molecule has 0 atom stereocenters. The van der Waals surface area contributed by atoms with Gasteiger partial charge in [0, 0.05) is 6.16 Å². The Kier molecular flexibility index (Phi) is 11.4.